The fourth-order valence-electron chi connectivity index (χ4n) is 11.3. The number of halogens is 1. The van der Waals surface area contributed by atoms with E-state index >= 15 is 0 Å². The molecule has 4 atom stereocenters. The molecule has 2 aromatic carbocycles. The molecule has 4 fully saturated rings. The molecular weight excluding hydrogens is 1170 g/mol. The number of nitrogens with zero attached hydrogens (tertiary/aromatic N) is 3. The van der Waals surface area contributed by atoms with Crippen LogP contribution in [0.4, 0.5) is 30.6 Å². The Kier molecular flexibility index (Phi) is 20.3. The summed E-state index contributed by atoms with van der Waals surface area (Å²) in [5.74, 6) is 0.401. The van der Waals surface area contributed by atoms with Crippen LogP contribution in [0.2, 0.25) is 0 Å². The van der Waals surface area contributed by atoms with Gasteiger partial charge in [0, 0.05) is 71.3 Å². The first-order valence-electron chi connectivity index (χ1n) is 24.8. The molecule has 12 rings (SSSR count). The summed E-state index contributed by atoms with van der Waals surface area (Å²) >= 11 is 6.77. The van der Waals surface area contributed by atoms with Crippen molar-refractivity contribution in [1.82, 2.24) is 30.7 Å². The third kappa shape index (κ3) is 12.4. The molecule has 0 radical (unpaired) electrons. The van der Waals surface area contributed by atoms with E-state index in [0.29, 0.717) is 72.0 Å². The summed E-state index contributed by atoms with van der Waals surface area (Å²) in [5, 5.41) is 17.2. The summed E-state index contributed by atoms with van der Waals surface area (Å²) in [6.07, 6.45) is 9.38. The van der Waals surface area contributed by atoms with Crippen LogP contribution in [0.1, 0.15) is 94.5 Å². The second kappa shape index (κ2) is 25.5. The van der Waals surface area contributed by atoms with Gasteiger partial charge in [-0.15, -0.1) is 22.7 Å². The van der Waals surface area contributed by atoms with E-state index < -0.39 is 35.2 Å². The summed E-state index contributed by atoms with van der Waals surface area (Å²) in [7, 11) is 3.06. The Bertz CT molecular complexity index is 2920. The number of alkyl halides is 1. The smallest absolute Gasteiger partial charge is 0.418 e. The Hall–Kier alpha value is -4.92. The van der Waals surface area contributed by atoms with Gasteiger partial charge in [0.15, 0.2) is 0 Å². The molecule has 0 bridgehead atoms. The third-order valence-electron chi connectivity index (χ3n) is 15.4. The Morgan fingerprint density at radius 1 is 0.636 bits per heavy atom. The topological polar surface area (TPSA) is 225 Å². The maximum atomic E-state index is 13.6. The van der Waals surface area contributed by atoms with Gasteiger partial charge < -0.3 is 40.5 Å². The van der Waals surface area contributed by atoms with Crippen molar-refractivity contribution in [2.24, 2.45) is 11.8 Å². The number of alkyl carbamates (subject to hydrolysis) is 1. The molecule has 0 unspecified atom stereocenters. The molecule has 10 amide bonds. The number of rotatable bonds is 7. The second-order valence-electron chi connectivity index (χ2n) is 19.7. The molecular formula is C52H65BrN8O10S6. The van der Waals surface area contributed by atoms with Crippen molar-refractivity contribution in [1.29, 1.82) is 0 Å². The summed E-state index contributed by atoms with van der Waals surface area (Å²) < 4.78 is 10.9. The Morgan fingerprint density at radius 2 is 1.12 bits per heavy atom. The largest absolute Gasteiger partial charge is 0.427 e. The normalized spacial score (nSPS) is 23.0. The summed E-state index contributed by atoms with van der Waals surface area (Å²) in [4.78, 5) is 106. The summed E-state index contributed by atoms with van der Waals surface area (Å²) in [6, 6.07) is 14.7. The average molecular weight is 1230 g/mol. The Morgan fingerprint density at radius 3 is 1.57 bits per heavy atom. The average Bonchev–Trinajstić information content (AvgIpc) is 4.23. The number of amides is 10. The summed E-state index contributed by atoms with van der Waals surface area (Å²) in [6.45, 7) is 1.05. The number of carbonyl (C=O) groups excluding carboxylic acids is 8. The zero-order chi connectivity index (χ0) is 51.2. The van der Waals surface area contributed by atoms with E-state index in [1.165, 1.54) is 47.8 Å². The van der Waals surface area contributed by atoms with Crippen LogP contribution in [0, 0.1) is 11.8 Å². The minimum absolute atomic E-state index is 0. The van der Waals surface area contributed by atoms with Crippen LogP contribution in [0.3, 0.4) is 0 Å². The van der Waals surface area contributed by atoms with Crippen molar-refractivity contribution < 1.29 is 47.8 Å². The number of hydrogen-bond donors (Lipinski definition) is 5. The van der Waals surface area contributed by atoms with Gasteiger partial charge >= 0.3 is 24.2 Å². The SMILES string of the molecule is CNC(=O)Nc1ccc2c(c1)CC[C@]21OC(=O)N(CC(=O)N2Cc3sccc3CC[C@H]2C2CC2)C1=O.CNC(=O)Nc1ccc2c(c1)CC[C@]21OC(=O)NC1=O.O=C(CBr)N1Cc2sccc2CC[C@H]1C1CC1.S.S.S.S. The van der Waals surface area contributed by atoms with Crippen molar-refractivity contribution in [3.8, 4) is 0 Å². The Labute approximate surface area is 491 Å². The van der Waals surface area contributed by atoms with E-state index in [4.69, 9.17) is 9.47 Å². The highest BCUT2D eigenvalue weighted by atomic mass is 79.9. The monoisotopic (exact) mass is 1230 g/mol. The number of ether oxygens (including phenoxy) is 2. The number of aryl methyl sites for hydroxylation is 4. The highest BCUT2D eigenvalue weighted by molar-refractivity contribution is 9.09. The van der Waals surface area contributed by atoms with Gasteiger partial charge in [-0.1, -0.05) is 28.1 Å². The number of imide groups is 2. The van der Waals surface area contributed by atoms with Crippen LogP contribution in [-0.4, -0.2) is 101 Å². The molecule has 77 heavy (non-hydrogen) atoms. The number of hydrogen-bond acceptors (Lipinski definition) is 12. The zero-order valence-electron chi connectivity index (χ0n) is 42.5. The number of carbonyl (C=O) groups is 8. The van der Waals surface area contributed by atoms with Gasteiger partial charge in [-0.25, -0.2) is 24.1 Å². The minimum Gasteiger partial charge on any atom is -0.427 e. The van der Waals surface area contributed by atoms with Crippen molar-refractivity contribution in [2.75, 3.05) is 36.6 Å². The second-order valence-corrected chi connectivity index (χ2v) is 22.3. The van der Waals surface area contributed by atoms with Crippen molar-refractivity contribution in [3.05, 3.63) is 102 Å². The number of fused-ring (bicyclic) bond motifs is 6. The van der Waals surface area contributed by atoms with E-state index in [9.17, 15) is 38.4 Å². The minimum atomic E-state index is -1.41. The Balaban J connectivity index is 0.000000199. The van der Waals surface area contributed by atoms with E-state index in [1.807, 2.05) is 4.90 Å². The molecule has 25 heteroatoms. The molecule has 5 N–H and O–H groups in total. The molecule has 6 heterocycles. The zero-order valence-corrected chi connectivity index (χ0v) is 49.7. The third-order valence-corrected chi connectivity index (χ3v) is 17.7. The van der Waals surface area contributed by atoms with Crippen LogP contribution < -0.4 is 26.6 Å². The maximum absolute atomic E-state index is 13.6. The maximum Gasteiger partial charge on any atom is 0.418 e. The van der Waals surface area contributed by atoms with Gasteiger partial charge in [0.05, 0.1) is 18.4 Å². The van der Waals surface area contributed by atoms with E-state index in [-0.39, 0.29) is 90.4 Å². The fourth-order valence-corrected chi connectivity index (χ4v) is 13.5. The number of anilines is 2. The highest BCUT2D eigenvalue weighted by Gasteiger charge is 2.59. The van der Waals surface area contributed by atoms with Gasteiger partial charge in [-0.2, -0.15) is 54.0 Å². The molecule has 8 aliphatic rings. The molecule has 2 aromatic heterocycles. The first-order valence-corrected chi connectivity index (χ1v) is 27.7. The van der Waals surface area contributed by atoms with Gasteiger partial charge in [-0.3, -0.25) is 24.5 Å². The van der Waals surface area contributed by atoms with Gasteiger partial charge in [0.1, 0.15) is 6.54 Å². The number of urea groups is 2. The van der Waals surface area contributed by atoms with E-state index in [2.05, 4.69) is 70.3 Å². The molecule has 18 nitrogen and oxygen atoms in total. The first-order chi connectivity index (χ1) is 35.2. The van der Waals surface area contributed by atoms with E-state index in [1.54, 1.807) is 59.1 Å². The van der Waals surface area contributed by atoms with Crippen LogP contribution in [0.5, 0.6) is 0 Å². The van der Waals surface area contributed by atoms with Crippen molar-refractivity contribution >= 4 is 152 Å². The van der Waals surface area contributed by atoms with Crippen LogP contribution >= 0.6 is 92.6 Å². The molecule has 4 aliphatic heterocycles. The fraction of sp³-hybridized carbons (Fsp3) is 0.462. The van der Waals surface area contributed by atoms with Crippen LogP contribution in [0.25, 0.3) is 0 Å². The standard InChI is InChI=1S/C26H28N4O5S.C13H16BrNOS.C13H13N3O4.4H2S/c1-27-24(33)28-18-5-6-19-17(12-18)8-10-26(19)23(32)30(25(34)35-26)14-22(31)29-13-21-16(9-11-36-21)4-7-20(29)15-2-3-15;14-7-13(16)15-8-12-10(5-6-17-12)3-4-11(15)9-1-2-9;1-14-11(18)15-8-2-3-9-7(6-8)4-5-13(9)10(17)16-12(19)20-13;;;;/h5-6,9,11-12,15,20H,2-4,7-8,10,13-14H2,1H3,(H2,27,28,33);5-6,9,11H,1-4,7-8H2;2-3,6H,4-5H2,1H3,(H2,14,15,18)(H,16,17,19);4*1H2/t20-,26-;11-;13-;;;;/m000..../s1. The first kappa shape index (κ1) is 61.3. The van der Waals surface area contributed by atoms with Crippen LogP contribution in [0.15, 0.2) is 59.3 Å². The summed E-state index contributed by atoms with van der Waals surface area (Å²) in [5.41, 5.74) is 4.41. The van der Waals surface area contributed by atoms with Crippen LogP contribution in [-0.2, 0) is 78.6 Å². The molecule has 4 aromatic rings. The predicted octanol–water partition coefficient (Wildman–Crippen LogP) is 7.87. The highest BCUT2D eigenvalue weighted by Crippen LogP contribution is 2.48. The van der Waals surface area contributed by atoms with E-state index in [0.717, 1.165) is 67.0 Å². The lowest BCUT2D eigenvalue weighted by Crippen LogP contribution is -2.48. The van der Waals surface area contributed by atoms with Crippen molar-refractivity contribution in [2.45, 2.75) is 113 Å². The number of nitrogens with one attached hydrogen (secondary N) is 5. The number of benzene rings is 2. The lowest BCUT2D eigenvalue weighted by molar-refractivity contribution is -0.143. The van der Waals surface area contributed by atoms with Gasteiger partial charge in [0.2, 0.25) is 23.0 Å². The quantitative estimate of drug-likeness (QED) is 0.113. The molecule has 416 valence electrons. The lowest BCUT2D eigenvalue weighted by Gasteiger charge is -2.31. The molecule has 2 spiro atoms. The molecule has 2 saturated carbocycles. The van der Waals surface area contributed by atoms with Gasteiger partial charge in [-0.05, 0) is 145 Å². The lowest BCUT2D eigenvalue weighted by atomic mass is 9.94. The predicted molar refractivity (Wildman–Crippen MR) is 317 cm³/mol. The molecule has 4 aliphatic carbocycles. The van der Waals surface area contributed by atoms with Gasteiger partial charge in [0.25, 0.3) is 11.8 Å². The molecule has 2 saturated heterocycles. The van der Waals surface area contributed by atoms with Crippen molar-refractivity contribution in [3.63, 3.8) is 0 Å². The number of thiophene rings is 2.